The normalized spacial score (nSPS) is 10.0. The number of carbonyl (C=O) groups is 1. The van der Waals surface area contributed by atoms with E-state index in [4.69, 9.17) is 5.11 Å². The lowest BCUT2D eigenvalue weighted by Crippen LogP contribution is -1.86. The van der Waals surface area contributed by atoms with Gasteiger partial charge in [0.2, 0.25) is 0 Å². The Morgan fingerprint density at radius 2 is 1.43 bits per heavy atom. The molecule has 2 aromatic rings. The van der Waals surface area contributed by atoms with Gasteiger partial charge in [0.15, 0.2) is 0 Å². The Kier molecular flexibility index (Phi) is 6.96. The van der Waals surface area contributed by atoms with Gasteiger partial charge in [0.25, 0.3) is 0 Å². The molecule has 21 heavy (non-hydrogen) atoms. The molecule has 0 spiro atoms. The molecule has 2 nitrogen and oxygen atoms in total. The number of rotatable bonds is 4. The average molecular weight is 282 g/mol. The second kappa shape index (κ2) is 8.75. The topological polar surface area (TPSA) is 37.3 Å². The fourth-order valence-corrected chi connectivity index (χ4v) is 1.89. The van der Waals surface area contributed by atoms with Crippen LogP contribution in [0.3, 0.4) is 0 Å². The number of aryl methyl sites for hydroxylation is 1. The van der Waals surface area contributed by atoms with E-state index < -0.39 is 5.97 Å². The van der Waals surface area contributed by atoms with Crippen LogP contribution in [0.1, 0.15) is 31.9 Å². The summed E-state index contributed by atoms with van der Waals surface area (Å²) >= 11 is 0. The number of carboxylic acid groups (broad SMARTS) is 1. The van der Waals surface area contributed by atoms with Crippen LogP contribution in [0, 0.1) is 0 Å². The van der Waals surface area contributed by atoms with Gasteiger partial charge < -0.3 is 5.11 Å². The zero-order chi connectivity index (χ0) is 15.7. The third kappa shape index (κ3) is 5.27. The predicted molar refractivity (Wildman–Crippen MR) is 89.3 cm³/mol. The van der Waals surface area contributed by atoms with Gasteiger partial charge in [-0.1, -0.05) is 69.3 Å². The van der Waals surface area contributed by atoms with Gasteiger partial charge in [0.1, 0.15) is 0 Å². The summed E-state index contributed by atoms with van der Waals surface area (Å²) < 4.78 is 0. The molecule has 0 aliphatic carbocycles. The molecular weight excluding hydrogens is 260 g/mol. The summed E-state index contributed by atoms with van der Waals surface area (Å²) in [5.41, 5.74) is 4.52. The highest BCUT2D eigenvalue weighted by Crippen LogP contribution is 2.20. The fraction of sp³-hybridized carbons (Fsp3) is 0.211. The van der Waals surface area contributed by atoms with Crippen molar-refractivity contribution in [1.82, 2.24) is 0 Å². The first-order chi connectivity index (χ1) is 10.2. The van der Waals surface area contributed by atoms with E-state index >= 15 is 0 Å². The lowest BCUT2D eigenvalue weighted by atomic mass is 10.0. The van der Waals surface area contributed by atoms with Gasteiger partial charge in [-0.3, -0.25) is 0 Å². The van der Waals surface area contributed by atoms with Crippen molar-refractivity contribution in [3.05, 3.63) is 65.7 Å². The van der Waals surface area contributed by atoms with Crippen molar-refractivity contribution in [1.29, 1.82) is 0 Å². The van der Waals surface area contributed by atoms with Crippen molar-refractivity contribution >= 4 is 12.0 Å². The maximum absolute atomic E-state index is 10.4. The van der Waals surface area contributed by atoms with E-state index in [1.165, 1.54) is 11.1 Å². The molecule has 0 radical (unpaired) electrons. The second-order valence-electron chi connectivity index (χ2n) is 4.34. The monoisotopic (exact) mass is 282 g/mol. The molecule has 2 aromatic carbocycles. The molecular formula is C19H22O2. The van der Waals surface area contributed by atoms with Crippen LogP contribution in [0.15, 0.2) is 54.6 Å². The van der Waals surface area contributed by atoms with Gasteiger partial charge >= 0.3 is 5.97 Å². The summed E-state index contributed by atoms with van der Waals surface area (Å²) in [6, 6.07) is 16.3. The molecule has 0 aromatic heterocycles. The SMILES string of the molecule is CC.CCc1ccc(-c2ccc(/C=C/C(=O)O)cc2)cc1. The standard InChI is InChI=1S/C17H16O2.C2H6/c1-2-13-3-8-15(9-4-13)16-10-5-14(6-11-16)7-12-17(18)19;1-2/h3-12H,2H2,1H3,(H,18,19);1-2H3/b12-7+;. The number of benzene rings is 2. The van der Waals surface area contributed by atoms with Gasteiger partial charge in [-0.15, -0.1) is 0 Å². The predicted octanol–water partition coefficient (Wildman–Crippen LogP) is 5.04. The molecule has 1 N–H and O–H groups in total. The van der Waals surface area contributed by atoms with Gasteiger partial charge in [0, 0.05) is 6.08 Å². The van der Waals surface area contributed by atoms with Crippen LogP contribution in [0.2, 0.25) is 0 Å². The van der Waals surface area contributed by atoms with E-state index in [1.54, 1.807) is 6.08 Å². The first-order valence-corrected chi connectivity index (χ1v) is 7.29. The Bertz CT molecular complexity index is 578. The van der Waals surface area contributed by atoms with Crippen LogP contribution < -0.4 is 0 Å². The van der Waals surface area contributed by atoms with Crippen molar-refractivity contribution in [2.75, 3.05) is 0 Å². The van der Waals surface area contributed by atoms with E-state index in [0.717, 1.165) is 23.6 Å². The van der Waals surface area contributed by atoms with Crippen molar-refractivity contribution in [2.24, 2.45) is 0 Å². The van der Waals surface area contributed by atoms with Gasteiger partial charge in [0.05, 0.1) is 0 Å². The van der Waals surface area contributed by atoms with Crippen LogP contribution in [-0.2, 0) is 11.2 Å². The lowest BCUT2D eigenvalue weighted by molar-refractivity contribution is -0.131. The largest absolute Gasteiger partial charge is 0.478 e. The van der Waals surface area contributed by atoms with Gasteiger partial charge in [-0.25, -0.2) is 4.79 Å². The molecule has 0 amide bonds. The Morgan fingerprint density at radius 1 is 0.952 bits per heavy atom. The maximum atomic E-state index is 10.4. The molecule has 0 bridgehead atoms. The number of hydrogen-bond donors (Lipinski definition) is 1. The smallest absolute Gasteiger partial charge is 0.328 e. The molecule has 0 fully saturated rings. The Balaban J connectivity index is 0.00000106. The van der Waals surface area contributed by atoms with Crippen LogP contribution in [-0.4, -0.2) is 11.1 Å². The summed E-state index contributed by atoms with van der Waals surface area (Å²) in [5.74, 6) is -0.931. The van der Waals surface area contributed by atoms with Crippen LogP contribution in [0.5, 0.6) is 0 Å². The first kappa shape index (κ1) is 16.7. The summed E-state index contributed by atoms with van der Waals surface area (Å²) in [4.78, 5) is 10.4. The van der Waals surface area contributed by atoms with Crippen LogP contribution >= 0.6 is 0 Å². The zero-order valence-corrected chi connectivity index (χ0v) is 12.8. The number of carboxylic acids is 1. The van der Waals surface area contributed by atoms with Crippen molar-refractivity contribution < 1.29 is 9.90 Å². The second-order valence-corrected chi connectivity index (χ2v) is 4.34. The minimum atomic E-state index is -0.931. The summed E-state index contributed by atoms with van der Waals surface area (Å²) in [6.07, 6.45) is 3.77. The fourth-order valence-electron chi connectivity index (χ4n) is 1.89. The maximum Gasteiger partial charge on any atom is 0.328 e. The zero-order valence-electron chi connectivity index (χ0n) is 12.8. The lowest BCUT2D eigenvalue weighted by Gasteiger charge is -2.03. The Morgan fingerprint density at radius 3 is 1.86 bits per heavy atom. The molecule has 0 atom stereocenters. The molecule has 0 aliphatic rings. The molecule has 0 saturated carbocycles. The molecule has 0 unspecified atom stereocenters. The minimum Gasteiger partial charge on any atom is -0.478 e. The highest BCUT2D eigenvalue weighted by molar-refractivity contribution is 5.85. The van der Waals surface area contributed by atoms with Gasteiger partial charge in [-0.05, 0) is 34.8 Å². The number of aliphatic carboxylic acids is 1. The molecule has 110 valence electrons. The molecule has 0 saturated heterocycles. The van der Waals surface area contributed by atoms with E-state index in [0.29, 0.717) is 0 Å². The first-order valence-electron chi connectivity index (χ1n) is 7.29. The third-order valence-corrected chi connectivity index (χ3v) is 3.02. The van der Waals surface area contributed by atoms with Crippen molar-refractivity contribution in [3.8, 4) is 11.1 Å². The van der Waals surface area contributed by atoms with Crippen LogP contribution in [0.4, 0.5) is 0 Å². The summed E-state index contributed by atoms with van der Waals surface area (Å²) in [5, 5.41) is 8.57. The molecule has 2 rings (SSSR count). The Hall–Kier alpha value is -2.35. The number of hydrogen-bond acceptors (Lipinski definition) is 1. The third-order valence-electron chi connectivity index (χ3n) is 3.02. The highest BCUT2D eigenvalue weighted by atomic mass is 16.4. The van der Waals surface area contributed by atoms with E-state index in [-0.39, 0.29) is 0 Å². The van der Waals surface area contributed by atoms with E-state index in [1.807, 2.05) is 38.1 Å². The minimum absolute atomic E-state index is 0.885. The molecule has 0 heterocycles. The average Bonchev–Trinajstić information content (AvgIpc) is 2.55. The quantitative estimate of drug-likeness (QED) is 0.798. The van der Waals surface area contributed by atoms with E-state index in [9.17, 15) is 4.79 Å². The summed E-state index contributed by atoms with van der Waals surface area (Å²) in [6.45, 7) is 6.14. The van der Waals surface area contributed by atoms with E-state index in [2.05, 4.69) is 31.2 Å². The van der Waals surface area contributed by atoms with Crippen molar-refractivity contribution in [2.45, 2.75) is 27.2 Å². The molecule has 0 aliphatic heterocycles. The highest BCUT2D eigenvalue weighted by Gasteiger charge is 1.97. The van der Waals surface area contributed by atoms with Crippen molar-refractivity contribution in [3.63, 3.8) is 0 Å². The van der Waals surface area contributed by atoms with Crippen LogP contribution in [0.25, 0.3) is 17.2 Å². The van der Waals surface area contributed by atoms with Gasteiger partial charge in [-0.2, -0.15) is 0 Å². The molecule has 2 heteroatoms. The summed E-state index contributed by atoms with van der Waals surface area (Å²) in [7, 11) is 0. The Labute approximate surface area is 126 Å².